The first kappa shape index (κ1) is 24.6. The van der Waals surface area contributed by atoms with Crippen molar-refractivity contribution in [3.05, 3.63) is 59.9 Å². The molecule has 1 fully saturated rings. The molecule has 35 heavy (non-hydrogen) atoms. The second kappa shape index (κ2) is 10.0. The lowest BCUT2D eigenvalue weighted by Gasteiger charge is -2.33. The van der Waals surface area contributed by atoms with Gasteiger partial charge in [0.15, 0.2) is 5.04 Å². The van der Waals surface area contributed by atoms with E-state index in [-0.39, 0.29) is 29.1 Å². The maximum Gasteiger partial charge on any atom is 0.439 e. The maximum atomic E-state index is 12.9. The number of anilines is 2. The van der Waals surface area contributed by atoms with Gasteiger partial charge < -0.3 is 15.1 Å². The van der Waals surface area contributed by atoms with Gasteiger partial charge in [-0.25, -0.2) is 9.97 Å². The molecule has 0 saturated carbocycles. The standard InChI is InChI=1S/C23H22F3N7OS/c1-32-6-8-33(9-7-32)19-12-15(4-5-29-19)21(34)31-18-11-17-10-14(2-3-16(17)13-30-18)20(27)35-22(28)23(24,25)26/h2-5,10-13,27-28H,6-9H2,1H3,(H,30,31,34). The molecule has 4 rings (SSSR count). The summed E-state index contributed by atoms with van der Waals surface area (Å²) in [6, 6.07) is 9.59. The summed E-state index contributed by atoms with van der Waals surface area (Å²) in [7, 11) is 2.06. The fourth-order valence-electron chi connectivity index (χ4n) is 3.53. The van der Waals surface area contributed by atoms with Crippen LogP contribution in [0.5, 0.6) is 0 Å². The number of pyridine rings is 2. The van der Waals surface area contributed by atoms with Crippen molar-refractivity contribution in [2.45, 2.75) is 6.18 Å². The third kappa shape index (κ3) is 5.95. The third-order valence-electron chi connectivity index (χ3n) is 5.52. The van der Waals surface area contributed by atoms with Crippen molar-refractivity contribution in [3.63, 3.8) is 0 Å². The van der Waals surface area contributed by atoms with Gasteiger partial charge in [-0.05, 0) is 48.5 Å². The summed E-state index contributed by atoms with van der Waals surface area (Å²) < 4.78 is 37.9. The third-order valence-corrected chi connectivity index (χ3v) is 6.40. The number of piperazine rings is 1. The molecule has 1 amide bonds. The van der Waals surface area contributed by atoms with Crippen LogP contribution in [0.1, 0.15) is 15.9 Å². The number of rotatable bonds is 4. The Kier molecular flexibility index (Phi) is 7.03. The SMILES string of the molecule is CN1CCN(c2cc(C(=O)Nc3cc4cc(C(=N)SC(=N)C(F)(F)F)ccc4cn3)ccn2)CC1. The number of carbonyl (C=O) groups is 1. The van der Waals surface area contributed by atoms with Gasteiger partial charge in [-0.15, -0.1) is 0 Å². The minimum absolute atomic E-state index is 0.0371. The summed E-state index contributed by atoms with van der Waals surface area (Å²) >= 11 is 0.0371. The first-order valence-corrected chi connectivity index (χ1v) is 11.4. The molecule has 1 aliphatic rings. The molecule has 12 heteroatoms. The van der Waals surface area contributed by atoms with Crippen molar-refractivity contribution < 1.29 is 18.0 Å². The van der Waals surface area contributed by atoms with E-state index in [9.17, 15) is 18.0 Å². The Labute approximate surface area is 203 Å². The summed E-state index contributed by atoms with van der Waals surface area (Å²) in [6.07, 6.45) is -1.68. The topological polar surface area (TPSA) is 109 Å². The normalized spacial score (nSPS) is 14.7. The molecule has 3 N–H and O–H groups in total. The van der Waals surface area contributed by atoms with Crippen molar-refractivity contribution in [1.82, 2.24) is 14.9 Å². The minimum Gasteiger partial charge on any atom is -0.354 e. The molecule has 8 nitrogen and oxygen atoms in total. The van der Waals surface area contributed by atoms with Crippen LogP contribution in [0.25, 0.3) is 10.8 Å². The highest BCUT2D eigenvalue weighted by Gasteiger charge is 2.35. The van der Waals surface area contributed by atoms with E-state index in [4.69, 9.17) is 10.8 Å². The van der Waals surface area contributed by atoms with Crippen molar-refractivity contribution >= 4 is 50.2 Å². The lowest BCUT2D eigenvalue weighted by atomic mass is 10.1. The predicted molar refractivity (Wildman–Crippen MR) is 132 cm³/mol. The fraction of sp³-hybridized carbons (Fsp3) is 0.261. The number of alkyl halides is 3. The minimum atomic E-state index is -4.80. The molecule has 0 atom stereocenters. The quantitative estimate of drug-likeness (QED) is 0.365. The average Bonchev–Trinajstić information content (AvgIpc) is 2.83. The first-order valence-electron chi connectivity index (χ1n) is 10.6. The Balaban J connectivity index is 1.49. The van der Waals surface area contributed by atoms with E-state index in [1.54, 1.807) is 30.5 Å². The number of thioether (sulfide) groups is 1. The van der Waals surface area contributed by atoms with E-state index < -0.39 is 16.3 Å². The molecule has 0 radical (unpaired) electrons. The smallest absolute Gasteiger partial charge is 0.354 e. The van der Waals surface area contributed by atoms with E-state index in [0.717, 1.165) is 32.0 Å². The summed E-state index contributed by atoms with van der Waals surface area (Å²) in [4.78, 5) is 25.8. The van der Waals surface area contributed by atoms with Gasteiger partial charge in [0.05, 0.1) is 0 Å². The van der Waals surface area contributed by atoms with Gasteiger partial charge in [-0.3, -0.25) is 15.6 Å². The Morgan fingerprint density at radius 3 is 2.46 bits per heavy atom. The van der Waals surface area contributed by atoms with Crippen LogP contribution >= 0.6 is 11.8 Å². The molecule has 182 valence electrons. The number of carbonyl (C=O) groups excluding carboxylic acids is 1. The van der Waals surface area contributed by atoms with Gasteiger partial charge in [0, 0.05) is 55.1 Å². The van der Waals surface area contributed by atoms with Crippen molar-refractivity contribution in [2.24, 2.45) is 0 Å². The van der Waals surface area contributed by atoms with Crippen molar-refractivity contribution in [2.75, 3.05) is 43.4 Å². The first-order chi connectivity index (χ1) is 16.6. The second-order valence-corrected chi connectivity index (χ2v) is 9.06. The predicted octanol–water partition coefficient (Wildman–Crippen LogP) is 4.23. The van der Waals surface area contributed by atoms with Crippen LogP contribution in [-0.2, 0) is 0 Å². The summed E-state index contributed by atoms with van der Waals surface area (Å²) in [5.74, 6) is 0.620. The van der Waals surface area contributed by atoms with Crippen LogP contribution in [0.15, 0.2) is 48.8 Å². The number of hydrogen-bond donors (Lipinski definition) is 3. The Bertz CT molecular complexity index is 1290. The van der Waals surface area contributed by atoms with Gasteiger partial charge in [-0.1, -0.05) is 12.1 Å². The molecule has 2 aromatic heterocycles. The van der Waals surface area contributed by atoms with Crippen molar-refractivity contribution in [1.29, 1.82) is 10.8 Å². The Morgan fingerprint density at radius 2 is 1.74 bits per heavy atom. The maximum absolute atomic E-state index is 12.9. The summed E-state index contributed by atoms with van der Waals surface area (Å²) in [5.41, 5.74) is 0.652. The lowest BCUT2D eigenvalue weighted by molar-refractivity contribution is -0.0560. The number of aromatic nitrogens is 2. The Hall–Kier alpha value is -3.51. The van der Waals surface area contributed by atoms with Gasteiger partial charge in [-0.2, -0.15) is 13.2 Å². The molecule has 1 aliphatic heterocycles. The van der Waals surface area contributed by atoms with Gasteiger partial charge in [0.2, 0.25) is 0 Å². The zero-order valence-corrected chi connectivity index (χ0v) is 19.5. The van der Waals surface area contributed by atoms with Gasteiger partial charge in [0.25, 0.3) is 5.91 Å². The second-order valence-electron chi connectivity index (χ2n) is 8.04. The Morgan fingerprint density at radius 1 is 1.00 bits per heavy atom. The largest absolute Gasteiger partial charge is 0.439 e. The van der Waals surface area contributed by atoms with Crippen LogP contribution < -0.4 is 10.2 Å². The summed E-state index contributed by atoms with van der Waals surface area (Å²) in [6.45, 7) is 3.46. The van der Waals surface area contributed by atoms with Crippen molar-refractivity contribution in [3.8, 4) is 0 Å². The number of hydrogen-bond acceptors (Lipinski definition) is 8. The highest BCUT2D eigenvalue weighted by Crippen LogP contribution is 2.28. The number of nitrogens with zero attached hydrogens (tertiary/aromatic N) is 4. The number of likely N-dealkylation sites (N-methyl/N-ethyl adjacent to an activating group) is 1. The number of fused-ring (bicyclic) bond motifs is 1. The summed E-state index contributed by atoms with van der Waals surface area (Å²) in [5, 5.41) is 17.1. The van der Waals surface area contributed by atoms with E-state index in [1.807, 2.05) is 0 Å². The lowest BCUT2D eigenvalue weighted by Crippen LogP contribution is -2.44. The molecular weight excluding hydrogens is 479 g/mol. The number of amides is 1. The van der Waals surface area contributed by atoms with Crippen LogP contribution in [0.4, 0.5) is 24.8 Å². The zero-order chi connectivity index (χ0) is 25.2. The van der Waals surface area contributed by atoms with E-state index in [0.29, 0.717) is 16.3 Å². The highest BCUT2D eigenvalue weighted by atomic mass is 32.2. The molecule has 0 aliphatic carbocycles. The molecule has 1 saturated heterocycles. The molecule has 3 aromatic rings. The number of halogens is 3. The van der Waals surface area contributed by atoms with Crippen LogP contribution in [-0.4, -0.2) is 70.3 Å². The van der Waals surface area contributed by atoms with Crippen LogP contribution in [0.3, 0.4) is 0 Å². The molecule has 3 heterocycles. The van der Waals surface area contributed by atoms with Crippen LogP contribution in [0.2, 0.25) is 0 Å². The van der Waals surface area contributed by atoms with Gasteiger partial charge >= 0.3 is 6.18 Å². The van der Waals surface area contributed by atoms with E-state index in [1.165, 1.54) is 18.3 Å². The average molecular weight is 502 g/mol. The number of nitrogens with one attached hydrogen (secondary N) is 3. The monoisotopic (exact) mass is 501 g/mol. The molecular formula is C23H22F3N7OS. The highest BCUT2D eigenvalue weighted by molar-refractivity contribution is 8.27. The molecule has 0 spiro atoms. The van der Waals surface area contributed by atoms with Gasteiger partial charge in [0.1, 0.15) is 16.7 Å². The molecule has 0 bridgehead atoms. The van der Waals surface area contributed by atoms with E-state index >= 15 is 0 Å². The van der Waals surface area contributed by atoms with E-state index in [2.05, 4.69) is 32.1 Å². The fourth-order valence-corrected chi connectivity index (χ4v) is 4.09. The zero-order valence-electron chi connectivity index (χ0n) is 18.7. The molecule has 1 aromatic carbocycles. The molecule has 0 unspecified atom stereocenters. The van der Waals surface area contributed by atoms with Crippen LogP contribution in [0, 0.1) is 10.8 Å². The number of benzene rings is 1.